The maximum absolute atomic E-state index is 10.8. The van der Waals surface area contributed by atoms with Crippen LogP contribution in [0.1, 0.15) is 32.1 Å². The number of carbonyl (C=O) groups excluding carboxylic acids is 1. The molecule has 0 aromatic heterocycles. The highest BCUT2D eigenvalue weighted by atomic mass is 16.5. The zero-order valence-corrected chi connectivity index (χ0v) is 7.01. The Hall–Kier alpha value is -0.530. The lowest BCUT2D eigenvalue weighted by molar-refractivity contribution is -0.141. The molecule has 2 heteroatoms. The standard InChI is InChI=1S/C9H15O2/c1-11-9(10)7-8-5-3-2-4-6-8/h5,8H,2-4,6-7H2,1H3. The first-order valence-electron chi connectivity index (χ1n) is 4.23. The monoisotopic (exact) mass is 155 g/mol. The van der Waals surface area contributed by atoms with Gasteiger partial charge in [0.1, 0.15) is 0 Å². The molecule has 0 N–H and O–H groups in total. The fraction of sp³-hybridized carbons (Fsp3) is 0.778. The van der Waals surface area contributed by atoms with E-state index in [1.807, 2.05) is 0 Å². The number of rotatable bonds is 2. The molecule has 2 nitrogen and oxygen atoms in total. The highest BCUT2D eigenvalue weighted by Crippen LogP contribution is 2.25. The number of carbonyl (C=O) groups is 1. The van der Waals surface area contributed by atoms with Gasteiger partial charge in [0, 0.05) is 6.42 Å². The van der Waals surface area contributed by atoms with Gasteiger partial charge in [-0.3, -0.25) is 4.79 Å². The fourth-order valence-electron chi connectivity index (χ4n) is 1.51. The molecule has 1 fully saturated rings. The van der Waals surface area contributed by atoms with Crippen molar-refractivity contribution < 1.29 is 9.53 Å². The van der Waals surface area contributed by atoms with E-state index in [-0.39, 0.29) is 5.97 Å². The smallest absolute Gasteiger partial charge is 0.305 e. The largest absolute Gasteiger partial charge is 0.469 e. The minimum Gasteiger partial charge on any atom is -0.469 e. The van der Waals surface area contributed by atoms with Crippen LogP contribution < -0.4 is 0 Å². The van der Waals surface area contributed by atoms with Gasteiger partial charge in [0.15, 0.2) is 0 Å². The van der Waals surface area contributed by atoms with Crippen LogP contribution in [0.4, 0.5) is 0 Å². The number of hydrogen-bond donors (Lipinski definition) is 0. The maximum Gasteiger partial charge on any atom is 0.305 e. The molecule has 1 aliphatic carbocycles. The number of esters is 1. The van der Waals surface area contributed by atoms with Gasteiger partial charge in [-0.2, -0.15) is 0 Å². The van der Waals surface area contributed by atoms with Gasteiger partial charge in [0.25, 0.3) is 0 Å². The van der Waals surface area contributed by atoms with Crippen LogP contribution in [0.15, 0.2) is 0 Å². The number of hydrogen-bond acceptors (Lipinski definition) is 2. The van der Waals surface area contributed by atoms with Crippen molar-refractivity contribution in [2.75, 3.05) is 7.11 Å². The second-order valence-corrected chi connectivity index (χ2v) is 3.06. The predicted molar refractivity (Wildman–Crippen MR) is 42.9 cm³/mol. The van der Waals surface area contributed by atoms with Crippen LogP contribution in [0.25, 0.3) is 0 Å². The SMILES string of the molecule is COC(=O)CC1[CH]CCCC1. The second kappa shape index (κ2) is 4.37. The van der Waals surface area contributed by atoms with E-state index >= 15 is 0 Å². The average Bonchev–Trinajstić information content (AvgIpc) is 2.06. The van der Waals surface area contributed by atoms with Crippen molar-refractivity contribution in [1.82, 2.24) is 0 Å². The first-order valence-corrected chi connectivity index (χ1v) is 4.23. The Kier molecular flexibility index (Phi) is 3.40. The topological polar surface area (TPSA) is 26.3 Å². The Labute approximate surface area is 67.9 Å². The zero-order valence-electron chi connectivity index (χ0n) is 7.01. The summed E-state index contributed by atoms with van der Waals surface area (Å²) in [7, 11) is 1.45. The van der Waals surface area contributed by atoms with E-state index in [1.165, 1.54) is 26.4 Å². The van der Waals surface area contributed by atoms with Crippen molar-refractivity contribution in [1.29, 1.82) is 0 Å². The van der Waals surface area contributed by atoms with Gasteiger partial charge in [0.05, 0.1) is 7.11 Å². The third-order valence-electron chi connectivity index (χ3n) is 2.19. The summed E-state index contributed by atoms with van der Waals surface area (Å²) in [6.45, 7) is 0. The van der Waals surface area contributed by atoms with Gasteiger partial charge in [-0.1, -0.05) is 12.8 Å². The summed E-state index contributed by atoms with van der Waals surface area (Å²) in [6, 6.07) is 0. The quantitative estimate of drug-likeness (QED) is 0.570. The molecule has 63 valence electrons. The minimum absolute atomic E-state index is 0.0758. The van der Waals surface area contributed by atoms with Gasteiger partial charge in [-0.15, -0.1) is 0 Å². The highest BCUT2D eigenvalue weighted by Gasteiger charge is 2.16. The molecule has 1 rings (SSSR count). The molecule has 0 saturated heterocycles. The van der Waals surface area contributed by atoms with Gasteiger partial charge in [-0.05, 0) is 25.2 Å². The molecular formula is C9H15O2. The average molecular weight is 155 g/mol. The van der Waals surface area contributed by atoms with Crippen LogP contribution >= 0.6 is 0 Å². The summed E-state index contributed by atoms with van der Waals surface area (Å²) in [4.78, 5) is 10.8. The third-order valence-corrected chi connectivity index (χ3v) is 2.19. The van der Waals surface area contributed by atoms with E-state index in [1.54, 1.807) is 0 Å². The molecule has 0 aliphatic heterocycles. The number of ether oxygens (including phenoxy) is 1. The molecule has 1 radical (unpaired) electrons. The summed E-state index contributed by atoms with van der Waals surface area (Å²) in [5, 5.41) is 0. The summed E-state index contributed by atoms with van der Waals surface area (Å²) < 4.78 is 4.59. The predicted octanol–water partition coefficient (Wildman–Crippen LogP) is 1.94. The Morgan fingerprint density at radius 2 is 2.45 bits per heavy atom. The molecule has 0 amide bonds. The summed E-state index contributed by atoms with van der Waals surface area (Å²) in [6.07, 6.45) is 7.71. The molecule has 0 bridgehead atoms. The van der Waals surface area contributed by atoms with Crippen molar-refractivity contribution in [2.24, 2.45) is 5.92 Å². The van der Waals surface area contributed by atoms with Crippen molar-refractivity contribution in [2.45, 2.75) is 32.1 Å². The summed E-state index contributed by atoms with van der Waals surface area (Å²) in [5.41, 5.74) is 0. The first kappa shape index (κ1) is 8.57. The fourth-order valence-corrected chi connectivity index (χ4v) is 1.51. The Bertz CT molecular complexity index is 126. The zero-order chi connectivity index (χ0) is 8.10. The van der Waals surface area contributed by atoms with Crippen molar-refractivity contribution in [3.63, 3.8) is 0 Å². The molecule has 1 saturated carbocycles. The minimum atomic E-state index is -0.0758. The van der Waals surface area contributed by atoms with Gasteiger partial charge >= 0.3 is 5.97 Å². The van der Waals surface area contributed by atoms with Crippen molar-refractivity contribution in [3.05, 3.63) is 6.42 Å². The van der Waals surface area contributed by atoms with Gasteiger partial charge < -0.3 is 4.74 Å². The lowest BCUT2D eigenvalue weighted by Gasteiger charge is -2.19. The van der Waals surface area contributed by atoms with Crippen LogP contribution in [0.5, 0.6) is 0 Å². The Balaban J connectivity index is 2.19. The van der Waals surface area contributed by atoms with E-state index in [0.29, 0.717) is 12.3 Å². The van der Waals surface area contributed by atoms with Crippen LogP contribution in [-0.2, 0) is 9.53 Å². The Morgan fingerprint density at radius 3 is 3.00 bits per heavy atom. The van der Waals surface area contributed by atoms with Crippen LogP contribution in [0, 0.1) is 12.3 Å². The van der Waals surface area contributed by atoms with E-state index in [0.717, 1.165) is 6.42 Å². The molecule has 1 unspecified atom stereocenters. The normalized spacial score (nSPS) is 19.7. The molecule has 1 atom stereocenters. The van der Waals surface area contributed by atoms with E-state index in [9.17, 15) is 4.79 Å². The summed E-state index contributed by atoms with van der Waals surface area (Å²) >= 11 is 0. The van der Waals surface area contributed by atoms with Crippen LogP contribution in [0.3, 0.4) is 0 Å². The molecule has 1 aliphatic rings. The second-order valence-electron chi connectivity index (χ2n) is 3.06. The van der Waals surface area contributed by atoms with Gasteiger partial charge in [0.2, 0.25) is 0 Å². The molecular weight excluding hydrogens is 140 g/mol. The van der Waals surface area contributed by atoms with E-state index in [2.05, 4.69) is 11.2 Å². The molecule has 0 aromatic rings. The molecule has 0 spiro atoms. The van der Waals surface area contributed by atoms with E-state index in [4.69, 9.17) is 0 Å². The van der Waals surface area contributed by atoms with E-state index < -0.39 is 0 Å². The lowest BCUT2D eigenvalue weighted by atomic mass is 9.87. The Morgan fingerprint density at radius 1 is 1.64 bits per heavy atom. The van der Waals surface area contributed by atoms with Gasteiger partial charge in [-0.25, -0.2) is 0 Å². The summed E-state index contributed by atoms with van der Waals surface area (Å²) in [5.74, 6) is 0.407. The van der Waals surface area contributed by atoms with Crippen molar-refractivity contribution >= 4 is 5.97 Å². The third kappa shape index (κ3) is 2.91. The molecule has 11 heavy (non-hydrogen) atoms. The molecule has 0 heterocycles. The maximum atomic E-state index is 10.8. The lowest BCUT2D eigenvalue weighted by Crippen LogP contribution is -2.13. The van der Waals surface area contributed by atoms with Crippen LogP contribution in [0.2, 0.25) is 0 Å². The van der Waals surface area contributed by atoms with Crippen LogP contribution in [-0.4, -0.2) is 13.1 Å². The first-order chi connectivity index (χ1) is 5.33. The highest BCUT2D eigenvalue weighted by molar-refractivity contribution is 5.69. The van der Waals surface area contributed by atoms with Crippen molar-refractivity contribution in [3.8, 4) is 0 Å². The number of methoxy groups -OCH3 is 1. The molecule has 0 aromatic carbocycles.